The van der Waals surface area contributed by atoms with Gasteiger partial charge in [0.25, 0.3) is 0 Å². The number of hydrogen-bond acceptors (Lipinski definition) is 7. The fourth-order valence-electron chi connectivity index (χ4n) is 2.83. The fraction of sp³-hybridized carbons (Fsp3) is 0.111. The Bertz CT molecular complexity index is 988. The number of pyridine rings is 1. The summed E-state index contributed by atoms with van der Waals surface area (Å²) in [5.74, 6) is 0.962. The van der Waals surface area contributed by atoms with Gasteiger partial charge in [0.2, 0.25) is 5.96 Å². The summed E-state index contributed by atoms with van der Waals surface area (Å²) < 4.78 is 0.720. The van der Waals surface area contributed by atoms with Gasteiger partial charge in [-0.1, -0.05) is 18.2 Å². The summed E-state index contributed by atoms with van der Waals surface area (Å²) in [4.78, 5) is 13.5. The van der Waals surface area contributed by atoms with E-state index >= 15 is 0 Å². The van der Waals surface area contributed by atoms with Gasteiger partial charge >= 0.3 is 0 Å². The maximum Gasteiger partial charge on any atom is 0.217 e. The summed E-state index contributed by atoms with van der Waals surface area (Å²) in [6.45, 7) is 0. The third kappa shape index (κ3) is 2.98. The van der Waals surface area contributed by atoms with Gasteiger partial charge in [-0.3, -0.25) is 4.98 Å². The lowest BCUT2D eigenvalue weighted by atomic mass is 10.1. The van der Waals surface area contributed by atoms with Crippen LogP contribution in [0.2, 0.25) is 0 Å². The molecule has 7 nitrogen and oxygen atoms in total. The molecule has 0 amide bonds. The maximum absolute atomic E-state index is 9.12. The summed E-state index contributed by atoms with van der Waals surface area (Å²) in [7, 11) is 0. The minimum Gasteiger partial charge on any atom is -0.368 e. The monoisotopic (exact) mass is 407 g/mol. The number of hydrogen-bond donors (Lipinski definition) is 2. The van der Waals surface area contributed by atoms with E-state index in [4.69, 9.17) is 16.0 Å². The van der Waals surface area contributed by atoms with Gasteiger partial charge in [-0.05, 0) is 40.2 Å². The van der Waals surface area contributed by atoms with Gasteiger partial charge in [-0.2, -0.15) is 5.26 Å². The Labute approximate surface area is 158 Å². The lowest BCUT2D eigenvalue weighted by Crippen LogP contribution is -2.50. The van der Waals surface area contributed by atoms with Crippen molar-refractivity contribution in [3.63, 3.8) is 0 Å². The Kier molecular flexibility index (Phi) is 4.24. The first kappa shape index (κ1) is 16.4. The molecule has 1 atom stereocenters. The maximum atomic E-state index is 9.12. The number of aliphatic imine (C=N–C) groups is 2. The molecular weight excluding hydrogens is 394 g/mol. The van der Waals surface area contributed by atoms with Crippen molar-refractivity contribution >= 4 is 33.4 Å². The molecule has 2 aliphatic heterocycles. The van der Waals surface area contributed by atoms with Gasteiger partial charge in [0.15, 0.2) is 5.84 Å². The predicted octanol–water partition coefficient (Wildman–Crippen LogP) is 2.13. The van der Waals surface area contributed by atoms with E-state index in [9.17, 15) is 0 Å². The molecule has 26 heavy (non-hydrogen) atoms. The molecule has 128 valence electrons. The summed E-state index contributed by atoms with van der Waals surface area (Å²) in [5, 5.41) is 10.8. The van der Waals surface area contributed by atoms with Crippen LogP contribution in [0.3, 0.4) is 0 Å². The third-order valence-corrected chi connectivity index (χ3v) is 4.75. The molecule has 2 aliphatic rings. The summed E-state index contributed by atoms with van der Waals surface area (Å²) in [6, 6.07) is 15.2. The van der Waals surface area contributed by atoms with Gasteiger partial charge in [-0.25, -0.2) is 20.4 Å². The smallest absolute Gasteiger partial charge is 0.217 e. The Hall–Kier alpha value is -3.02. The van der Waals surface area contributed by atoms with Gasteiger partial charge in [0, 0.05) is 23.9 Å². The van der Waals surface area contributed by atoms with Crippen LogP contribution >= 0.6 is 15.9 Å². The zero-order valence-corrected chi connectivity index (χ0v) is 15.2. The summed E-state index contributed by atoms with van der Waals surface area (Å²) >= 11 is 3.59. The number of halogens is 1. The van der Waals surface area contributed by atoms with Crippen molar-refractivity contribution in [1.82, 2.24) is 15.4 Å². The second kappa shape index (κ2) is 6.71. The van der Waals surface area contributed by atoms with Gasteiger partial charge in [0.1, 0.15) is 6.17 Å². The summed E-state index contributed by atoms with van der Waals surface area (Å²) in [6.07, 6.45) is 2.20. The van der Waals surface area contributed by atoms with Crippen molar-refractivity contribution in [3.8, 4) is 6.07 Å². The predicted molar refractivity (Wildman–Crippen MR) is 103 cm³/mol. The molecule has 0 saturated carbocycles. The third-order valence-electron chi connectivity index (χ3n) is 4.02. The molecule has 0 bridgehead atoms. The van der Waals surface area contributed by atoms with E-state index in [0.717, 1.165) is 15.7 Å². The van der Waals surface area contributed by atoms with Gasteiger partial charge in [0.05, 0.1) is 21.8 Å². The lowest BCUT2D eigenvalue weighted by Gasteiger charge is -2.25. The first-order valence-corrected chi connectivity index (χ1v) is 8.74. The highest BCUT2D eigenvalue weighted by atomic mass is 79.9. The lowest BCUT2D eigenvalue weighted by molar-refractivity contribution is 0.403. The fourth-order valence-corrected chi connectivity index (χ4v) is 3.43. The standard InChI is InChI=1S/C18H14BrN7/c19-15-16(12-5-3-4-11(8-12)10-20)24-18(21)26-17(15)23-14(25-26)9-13-6-1-2-7-22-13/h1-8,14,25H,9H2,(H2,21,24). The molecule has 8 heteroatoms. The first-order valence-electron chi connectivity index (χ1n) is 7.94. The van der Waals surface area contributed by atoms with Crippen molar-refractivity contribution in [1.29, 1.82) is 5.26 Å². The molecule has 4 rings (SSSR count). The van der Waals surface area contributed by atoms with E-state index in [-0.39, 0.29) is 6.17 Å². The highest BCUT2D eigenvalue weighted by Gasteiger charge is 2.34. The molecule has 2 aromatic rings. The van der Waals surface area contributed by atoms with Crippen LogP contribution in [0.25, 0.3) is 5.70 Å². The highest BCUT2D eigenvalue weighted by molar-refractivity contribution is 9.12. The minimum atomic E-state index is -0.189. The van der Waals surface area contributed by atoms with Crippen molar-refractivity contribution in [3.05, 3.63) is 70.0 Å². The van der Waals surface area contributed by atoms with Crippen molar-refractivity contribution < 1.29 is 0 Å². The van der Waals surface area contributed by atoms with Crippen LogP contribution in [0.15, 0.2) is 63.1 Å². The van der Waals surface area contributed by atoms with Crippen LogP contribution in [0, 0.1) is 11.3 Å². The van der Waals surface area contributed by atoms with E-state index < -0.39 is 0 Å². The number of nitriles is 1. The topological polar surface area (TPSA) is 103 Å². The molecule has 3 heterocycles. The normalized spacial score (nSPS) is 18.9. The van der Waals surface area contributed by atoms with Crippen LogP contribution < -0.4 is 11.2 Å². The molecule has 0 aliphatic carbocycles. The number of aromatic nitrogens is 1. The Balaban J connectivity index is 1.68. The average Bonchev–Trinajstić information content (AvgIpc) is 3.10. The molecule has 1 unspecified atom stereocenters. The number of nitrogens with one attached hydrogen (secondary N) is 1. The zero-order chi connectivity index (χ0) is 18.1. The van der Waals surface area contributed by atoms with E-state index in [2.05, 4.69) is 37.4 Å². The Morgan fingerprint density at radius 3 is 2.92 bits per heavy atom. The van der Waals surface area contributed by atoms with Crippen LogP contribution in [0.4, 0.5) is 0 Å². The Morgan fingerprint density at radius 2 is 2.15 bits per heavy atom. The number of nitrogens with two attached hydrogens (primary N) is 1. The first-order chi connectivity index (χ1) is 12.7. The molecular formula is C18H14BrN7. The van der Waals surface area contributed by atoms with Crippen molar-refractivity contribution in [2.45, 2.75) is 12.6 Å². The molecule has 0 spiro atoms. The van der Waals surface area contributed by atoms with Crippen molar-refractivity contribution in [2.24, 2.45) is 15.7 Å². The number of fused-ring (bicyclic) bond motifs is 1. The molecule has 0 radical (unpaired) electrons. The van der Waals surface area contributed by atoms with E-state index in [0.29, 0.717) is 29.5 Å². The largest absolute Gasteiger partial charge is 0.368 e. The second-order valence-corrected chi connectivity index (χ2v) is 6.58. The van der Waals surface area contributed by atoms with Crippen LogP contribution in [-0.2, 0) is 6.42 Å². The average molecular weight is 408 g/mol. The number of benzene rings is 1. The van der Waals surface area contributed by atoms with E-state index in [1.165, 1.54) is 0 Å². The number of rotatable bonds is 3. The number of guanidine groups is 1. The number of nitrogens with zero attached hydrogens (tertiary/aromatic N) is 5. The number of hydrazine groups is 1. The molecule has 1 aromatic heterocycles. The van der Waals surface area contributed by atoms with Crippen LogP contribution in [-0.4, -0.2) is 28.0 Å². The Morgan fingerprint density at radius 1 is 1.27 bits per heavy atom. The quantitative estimate of drug-likeness (QED) is 0.810. The zero-order valence-electron chi connectivity index (χ0n) is 13.6. The molecule has 0 fully saturated rings. The second-order valence-electron chi connectivity index (χ2n) is 5.78. The van der Waals surface area contributed by atoms with Gasteiger partial charge in [-0.15, -0.1) is 0 Å². The van der Waals surface area contributed by atoms with E-state index in [1.807, 2.05) is 30.3 Å². The number of amidine groups is 1. The van der Waals surface area contributed by atoms with Gasteiger partial charge < -0.3 is 5.73 Å². The van der Waals surface area contributed by atoms with Crippen LogP contribution in [0.1, 0.15) is 16.8 Å². The molecule has 3 N–H and O–H groups in total. The summed E-state index contributed by atoms with van der Waals surface area (Å²) in [5.41, 5.74) is 12.3. The van der Waals surface area contributed by atoms with Crippen molar-refractivity contribution in [2.75, 3.05) is 0 Å². The molecule has 0 saturated heterocycles. The molecule has 1 aromatic carbocycles. The minimum absolute atomic E-state index is 0.189. The van der Waals surface area contributed by atoms with E-state index in [1.54, 1.807) is 23.3 Å². The SMILES string of the molecule is N#Cc1cccc(C2=C(Br)C3=NC(Cc4ccccn4)NN3C(N)=N2)c1. The highest BCUT2D eigenvalue weighted by Crippen LogP contribution is 2.32. The van der Waals surface area contributed by atoms with Crippen LogP contribution in [0.5, 0.6) is 0 Å².